The molecule has 0 nitrogen and oxygen atoms in total. The highest BCUT2D eigenvalue weighted by Gasteiger charge is 2.30. The first-order valence-electron chi connectivity index (χ1n) is 5.55. The van der Waals surface area contributed by atoms with Crippen molar-refractivity contribution in [3.05, 3.63) is 0 Å². The summed E-state index contributed by atoms with van der Waals surface area (Å²) in [7, 11) is 0. The van der Waals surface area contributed by atoms with Gasteiger partial charge >= 0.3 is 0 Å². The first-order valence-corrected chi connectivity index (χ1v) is 5.99. The molecule has 0 aliphatic heterocycles. The summed E-state index contributed by atoms with van der Waals surface area (Å²) in [5, 5.41) is 0.376. The minimum Gasteiger partial charge on any atom is -0.123 e. The molecule has 1 unspecified atom stereocenters. The smallest absolute Gasteiger partial charge is 0.0336 e. The van der Waals surface area contributed by atoms with E-state index in [0.29, 0.717) is 10.8 Å². The third-order valence-electron chi connectivity index (χ3n) is 3.65. The van der Waals surface area contributed by atoms with E-state index in [9.17, 15) is 0 Å². The molecule has 0 bridgehead atoms. The zero-order valence-electron chi connectivity index (χ0n) is 9.44. The van der Waals surface area contributed by atoms with E-state index in [0.717, 1.165) is 11.8 Å². The van der Waals surface area contributed by atoms with Gasteiger partial charge in [0, 0.05) is 5.38 Å². The first-order chi connectivity index (χ1) is 5.91. The van der Waals surface area contributed by atoms with Crippen molar-refractivity contribution in [1.82, 2.24) is 0 Å². The minimum absolute atomic E-state index is 0.376. The van der Waals surface area contributed by atoms with Crippen molar-refractivity contribution in [2.24, 2.45) is 17.3 Å². The summed E-state index contributed by atoms with van der Waals surface area (Å²) >= 11 is 6.12. The van der Waals surface area contributed by atoms with Gasteiger partial charge in [0.05, 0.1) is 0 Å². The van der Waals surface area contributed by atoms with E-state index in [1.165, 1.54) is 25.7 Å². The van der Waals surface area contributed by atoms with Crippen LogP contribution in [0.25, 0.3) is 0 Å². The molecule has 1 rings (SSSR count). The van der Waals surface area contributed by atoms with Crippen LogP contribution in [0, 0.1) is 17.3 Å². The molecule has 1 atom stereocenters. The zero-order valence-corrected chi connectivity index (χ0v) is 10.2. The fourth-order valence-electron chi connectivity index (χ4n) is 2.44. The predicted molar refractivity (Wildman–Crippen MR) is 60.2 cm³/mol. The molecule has 1 saturated carbocycles. The maximum atomic E-state index is 6.12. The topological polar surface area (TPSA) is 0 Å². The second-order valence-corrected chi connectivity index (χ2v) is 6.34. The van der Waals surface area contributed by atoms with E-state index in [1.54, 1.807) is 0 Å². The Morgan fingerprint density at radius 2 is 1.54 bits per heavy atom. The minimum atomic E-state index is 0.376. The lowest BCUT2D eigenvalue weighted by atomic mass is 9.69. The summed E-state index contributed by atoms with van der Waals surface area (Å²) in [6, 6.07) is 0. The van der Waals surface area contributed by atoms with Crippen LogP contribution in [0.4, 0.5) is 0 Å². The third-order valence-corrected chi connectivity index (χ3v) is 4.00. The van der Waals surface area contributed by atoms with E-state index in [4.69, 9.17) is 11.6 Å². The standard InChI is InChI=1S/C12H23Cl/c1-9(13)10-5-7-11(8-6-10)12(2,3)4/h9-11H,5-8H2,1-4H3. The predicted octanol–water partition coefficient (Wildman–Crippen LogP) is 4.47. The Balaban J connectivity index is 2.39. The molecule has 0 radical (unpaired) electrons. The Hall–Kier alpha value is 0.290. The van der Waals surface area contributed by atoms with Crippen molar-refractivity contribution in [2.75, 3.05) is 0 Å². The van der Waals surface area contributed by atoms with Crippen LogP contribution in [0.15, 0.2) is 0 Å². The van der Waals surface area contributed by atoms with Gasteiger partial charge in [0.1, 0.15) is 0 Å². The summed E-state index contributed by atoms with van der Waals surface area (Å²) in [6.45, 7) is 9.23. The molecular formula is C12H23Cl. The fourth-order valence-corrected chi connectivity index (χ4v) is 2.70. The third kappa shape index (κ3) is 3.16. The molecule has 1 aliphatic rings. The van der Waals surface area contributed by atoms with Gasteiger partial charge in [0.25, 0.3) is 0 Å². The fraction of sp³-hybridized carbons (Fsp3) is 1.00. The largest absolute Gasteiger partial charge is 0.123 e. The van der Waals surface area contributed by atoms with Gasteiger partial charge in [-0.15, -0.1) is 11.6 Å². The highest BCUT2D eigenvalue weighted by atomic mass is 35.5. The van der Waals surface area contributed by atoms with E-state index in [1.807, 2.05) is 0 Å². The normalized spacial score (nSPS) is 33.0. The SMILES string of the molecule is CC(Cl)C1CCC(C(C)(C)C)CC1. The highest BCUT2D eigenvalue weighted by Crippen LogP contribution is 2.41. The average molecular weight is 203 g/mol. The molecule has 0 heterocycles. The number of hydrogen-bond acceptors (Lipinski definition) is 0. The summed E-state index contributed by atoms with van der Waals surface area (Å²) < 4.78 is 0. The van der Waals surface area contributed by atoms with Gasteiger partial charge in [-0.2, -0.15) is 0 Å². The molecule has 0 spiro atoms. The number of hydrogen-bond donors (Lipinski definition) is 0. The van der Waals surface area contributed by atoms with Gasteiger partial charge in [-0.05, 0) is 49.9 Å². The Bertz CT molecular complexity index is 147. The lowest BCUT2D eigenvalue weighted by Crippen LogP contribution is -2.28. The lowest BCUT2D eigenvalue weighted by molar-refractivity contribution is 0.149. The average Bonchev–Trinajstić information content (AvgIpc) is 2.03. The molecule has 78 valence electrons. The van der Waals surface area contributed by atoms with Crippen LogP contribution in [0.5, 0.6) is 0 Å². The highest BCUT2D eigenvalue weighted by molar-refractivity contribution is 6.20. The lowest BCUT2D eigenvalue weighted by Gasteiger charge is -2.37. The van der Waals surface area contributed by atoms with Crippen molar-refractivity contribution < 1.29 is 0 Å². The number of rotatable bonds is 1. The van der Waals surface area contributed by atoms with Gasteiger partial charge in [0.2, 0.25) is 0 Å². The Morgan fingerprint density at radius 3 is 1.85 bits per heavy atom. The van der Waals surface area contributed by atoms with Crippen LogP contribution in [0.3, 0.4) is 0 Å². The van der Waals surface area contributed by atoms with Crippen molar-refractivity contribution in [3.8, 4) is 0 Å². The van der Waals surface area contributed by atoms with Crippen LogP contribution in [0.2, 0.25) is 0 Å². The van der Waals surface area contributed by atoms with Crippen LogP contribution in [-0.2, 0) is 0 Å². The quantitative estimate of drug-likeness (QED) is 0.551. The van der Waals surface area contributed by atoms with E-state index in [2.05, 4.69) is 27.7 Å². The van der Waals surface area contributed by atoms with Crippen molar-refractivity contribution in [1.29, 1.82) is 0 Å². The molecule has 0 N–H and O–H groups in total. The van der Waals surface area contributed by atoms with Crippen LogP contribution in [-0.4, -0.2) is 5.38 Å². The van der Waals surface area contributed by atoms with E-state index in [-0.39, 0.29) is 0 Å². The number of halogens is 1. The van der Waals surface area contributed by atoms with Gasteiger partial charge in [-0.1, -0.05) is 20.8 Å². The maximum Gasteiger partial charge on any atom is 0.0336 e. The van der Waals surface area contributed by atoms with Crippen LogP contribution >= 0.6 is 11.6 Å². The molecular weight excluding hydrogens is 180 g/mol. The van der Waals surface area contributed by atoms with Gasteiger partial charge in [-0.25, -0.2) is 0 Å². The second-order valence-electron chi connectivity index (χ2n) is 5.66. The molecule has 0 saturated heterocycles. The van der Waals surface area contributed by atoms with E-state index < -0.39 is 0 Å². The molecule has 0 aromatic carbocycles. The summed E-state index contributed by atoms with van der Waals surface area (Å²) in [6.07, 6.45) is 5.44. The maximum absolute atomic E-state index is 6.12. The molecule has 0 amide bonds. The molecule has 0 aromatic heterocycles. The monoisotopic (exact) mass is 202 g/mol. The van der Waals surface area contributed by atoms with Crippen molar-refractivity contribution >= 4 is 11.6 Å². The van der Waals surface area contributed by atoms with Crippen LogP contribution < -0.4 is 0 Å². The van der Waals surface area contributed by atoms with Crippen LogP contribution in [0.1, 0.15) is 53.4 Å². The number of alkyl halides is 1. The van der Waals surface area contributed by atoms with Gasteiger partial charge < -0.3 is 0 Å². The molecule has 1 aliphatic carbocycles. The second kappa shape index (κ2) is 4.21. The molecule has 1 fully saturated rings. The zero-order chi connectivity index (χ0) is 10.1. The van der Waals surface area contributed by atoms with Crippen molar-refractivity contribution in [2.45, 2.75) is 58.8 Å². The Kier molecular flexibility index (Phi) is 3.68. The first kappa shape index (κ1) is 11.4. The van der Waals surface area contributed by atoms with Crippen molar-refractivity contribution in [3.63, 3.8) is 0 Å². The summed E-state index contributed by atoms with van der Waals surface area (Å²) in [5.41, 5.74) is 0.501. The molecule has 13 heavy (non-hydrogen) atoms. The van der Waals surface area contributed by atoms with Gasteiger partial charge in [0.15, 0.2) is 0 Å². The summed E-state index contributed by atoms with van der Waals surface area (Å²) in [5.74, 6) is 1.69. The Morgan fingerprint density at radius 1 is 1.08 bits per heavy atom. The molecule has 0 aromatic rings. The van der Waals surface area contributed by atoms with E-state index >= 15 is 0 Å². The Labute approximate surface area is 88.1 Å². The molecule has 1 heteroatoms. The van der Waals surface area contributed by atoms with Gasteiger partial charge in [-0.3, -0.25) is 0 Å². The summed E-state index contributed by atoms with van der Waals surface area (Å²) in [4.78, 5) is 0.